The number of nitrogens with one attached hydrogen (secondary N) is 2. The van der Waals surface area contributed by atoms with Gasteiger partial charge >= 0.3 is 0 Å². The maximum atomic E-state index is 11.9. The Morgan fingerprint density at radius 1 is 1.59 bits per heavy atom. The predicted molar refractivity (Wildman–Crippen MR) is 64.5 cm³/mol. The number of hydrogen-bond donors (Lipinski definition) is 2. The van der Waals surface area contributed by atoms with Gasteiger partial charge in [0, 0.05) is 19.6 Å². The average molecular weight is 282 g/mol. The van der Waals surface area contributed by atoms with E-state index in [1.807, 2.05) is 0 Å². The molecule has 1 aromatic heterocycles. The topological polar surface area (TPSA) is 88.9 Å². The molecule has 9 heteroatoms. The Labute approximate surface area is 106 Å². The van der Waals surface area contributed by atoms with Gasteiger partial charge in [-0.3, -0.25) is 0 Å². The largest absolute Gasteiger partial charge is 0.315 e. The SMILES string of the molecule is Cl.Cn1nncc1S(=O)(=O)N[C@@H]1CCCNC1. The molecule has 0 spiro atoms. The third-order valence-corrected chi connectivity index (χ3v) is 4.13. The molecular formula is C8H16ClN5O2S. The quantitative estimate of drug-likeness (QED) is 0.762. The third-order valence-electron chi connectivity index (χ3n) is 2.57. The molecule has 1 aliphatic rings. The second kappa shape index (κ2) is 5.76. The first-order valence-electron chi connectivity index (χ1n) is 5.17. The minimum Gasteiger partial charge on any atom is -0.315 e. The Hall–Kier alpha value is -0.700. The lowest BCUT2D eigenvalue weighted by Crippen LogP contribution is -2.45. The van der Waals surface area contributed by atoms with Gasteiger partial charge in [-0.1, -0.05) is 5.21 Å². The van der Waals surface area contributed by atoms with Crippen molar-refractivity contribution in [3.05, 3.63) is 6.20 Å². The van der Waals surface area contributed by atoms with Crippen LogP contribution in [0.15, 0.2) is 11.2 Å². The van der Waals surface area contributed by atoms with Crippen molar-refractivity contribution >= 4 is 22.4 Å². The van der Waals surface area contributed by atoms with Crippen LogP contribution in [-0.4, -0.2) is 42.5 Å². The van der Waals surface area contributed by atoms with E-state index < -0.39 is 10.0 Å². The van der Waals surface area contributed by atoms with Crippen LogP contribution in [0.4, 0.5) is 0 Å². The summed E-state index contributed by atoms with van der Waals surface area (Å²) >= 11 is 0. The molecule has 0 unspecified atom stereocenters. The molecule has 98 valence electrons. The number of aromatic nitrogens is 3. The Kier molecular flexibility index (Phi) is 4.87. The smallest absolute Gasteiger partial charge is 0.259 e. The first kappa shape index (κ1) is 14.4. The minimum atomic E-state index is -3.50. The lowest BCUT2D eigenvalue weighted by molar-refractivity contribution is 0.427. The van der Waals surface area contributed by atoms with Gasteiger partial charge in [-0.2, -0.15) is 0 Å². The second-order valence-electron chi connectivity index (χ2n) is 3.86. The zero-order chi connectivity index (χ0) is 11.6. The summed E-state index contributed by atoms with van der Waals surface area (Å²) in [5.74, 6) is 0. The van der Waals surface area contributed by atoms with Gasteiger partial charge < -0.3 is 5.32 Å². The lowest BCUT2D eigenvalue weighted by Gasteiger charge is -2.23. The molecule has 17 heavy (non-hydrogen) atoms. The van der Waals surface area contributed by atoms with Crippen molar-refractivity contribution in [2.75, 3.05) is 13.1 Å². The zero-order valence-electron chi connectivity index (χ0n) is 9.46. The fourth-order valence-electron chi connectivity index (χ4n) is 1.76. The molecule has 1 atom stereocenters. The highest BCUT2D eigenvalue weighted by atomic mass is 35.5. The highest BCUT2D eigenvalue weighted by Gasteiger charge is 2.24. The van der Waals surface area contributed by atoms with Gasteiger partial charge in [-0.05, 0) is 19.4 Å². The minimum absolute atomic E-state index is 0. The maximum Gasteiger partial charge on any atom is 0.259 e. The van der Waals surface area contributed by atoms with Crippen molar-refractivity contribution in [1.29, 1.82) is 0 Å². The van der Waals surface area contributed by atoms with E-state index in [0.717, 1.165) is 19.4 Å². The van der Waals surface area contributed by atoms with Crippen LogP contribution < -0.4 is 10.0 Å². The van der Waals surface area contributed by atoms with Gasteiger partial charge in [-0.25, -0.2) is 17.8 Å². The maximum absolute atomic E-state index is 11.9. The molecule has 7 nitrogen and oxygen atoms in total. The van der Waals surface area contributed by atoms with Crippen molar-refractivity contribution < 1.29 is 8.42 Å². The summed E-state index contributed by atoms with van der Waals surface area (Å²) in [5.41, 5.74) is 0. The normalized spacial score (nSPS) is 20.9. The van der Waals surface area contributed by atoms with Crippen molar-refractivity contribution in [3.8, 4) is 0 Å². The van der Waals surface area contributed by atoms with Crippen LogP contribution in [0.25, 0.3) is 0 Å². The van der Waals surface area contributed by atoms with E-state index in [2.05, 4.69) is 20.4 Å². The van der Waals surface area contributed by atoms with Crippen molar-refractivity contribution in [2.45, 2.75) is 23.9 Å². The van der Waals surface area contributed by atoms with Gasteiger partial charge in [0.15, 0.2) is 5.03 Å². The van der Waals surface area contributed by atoms with Crippen LogP contribution in [0.5, 0.6) is 0 Å². The molecule has 0 radical (unpaired) electrons. The number of rotatable bonds is 3. The summed E-state index contributed by atoms with van der Waals surface area (Å²) in [6.45, 7) is 1.62. The molecular weight excluding hydrogens is 266 g/mol. The van der Waals surface area contributed by atoms with Gasteiger partial charge in [0.2, 0.25) is 0 Å². The monoisotopic (exact) mass is 281 g/mol. The van der Waals surface area contributed by atoms with E-state index in [4.69, 9.17) is 0 Å². The van der Waals surface area contributed by atoms with Crippen LogP contribution in [0.3, 0.4) is 0 Å². The Bertz CT molecular complexity index is 454. The highest BCUT2D eigenvalue weighted by molar-refractivity contribution is 7.89. The summed E-state index contributed by atoms with van der Waals surface area (Å²) in [6, 6.07) is -0.0475. The zero-order valence-corrected chi connectivity index (χ0v) is 11.1. The van der Waals surface area contributed by atoms with Crippen LogP contribution >= 0.6 is 12.4 Å². The molecule has 2 heterocycles. The summed E-state index contributed by atoms with van der Waals surface area (Å²) < 4.78 is 27.8. The fourth-order valence-corrected chi connectivity index (χ4v) is 3.09. The van der Waals surface area contributed by atoms with E-state index in [-0.39, 0.29) is 23.5 Å². The first-order chi connectivity index (χ1) is 7.59. The molecule has 0 bridgehead atoms. The van der Waals surface area contributed by atoms with E-state index in [9.17, 15) is 8.42 Å². The molecule has 0 saturated carbocycles. The number of sulfonamides is 1. The molecule has 0 aromatic carbocycles. The van der Waals surface area contributed by atoms with Gasteiger partial charge in [0.1, 0.15) is 0 Å². The molecule has 0 amide bonds. The number of piperidine rings is 1. The van der Waals surface area contributed by atoms with Gasteiger partial charge in [-0.15, -0.1) is 17.5 Å². The summed E-state index contributed by atoms with van der Waals surface area (Å²) in [4.78, 5) is 0. The molecule has 1 aliphatic heterocycles. The van der Waals surface area contributed by atoms with Crippen molar-refractivity contribution in [2.24, 2.45) is 7.05 Å². The molecule has 1 aromatic rings. The molecule has 2 N–H and O–H groups in total. The fraction of sp³-hybridized carbons (Fsp3) is 0.750. The summed E-state index contributed by atoms with van der Waals surface area (Å²) in [7, 11) is -1.94. The van der Waals surface area contributed by atoms with Crippen molar-refractivity contribution in [3.63, 3.8) is 0 Å². The summed E-state index contributed by atoms with van der Waals surface area (Å²) in [5, 5.41) is 10.4. The van der Waals surface area contributed by atoms with Gasteiger partial charge in [0.25, 0.3) is 10.0 Å². The lowest BCUT2D eigenvalue weighted by atomic mass is 10.1. The molecule has 0 aliphatic carbocycles. The molecule has 2 rings (SSSR count). The Morgan fingerprint density at radius 2 is 2.35 bits per heavy atom. The van der Waals surface area contributed by atoms with E-state index in [1.54, 1.807) is 7.05 Å². The second-order valence-corrected chi connectivity index (χ2v) is 5.52. The third kappa shape index (κ3) is 3.38. The van der Waals surface area contributed by atoms with E-state index in [0.29, 0.717) is 6.54 Å². The van der Waals surface area contributed by atoms with Crippen LogP contribution in [0, 0.1) is 0 Å². The Balaban J connectivity index is 0.00000144. The van der Waals surface area contributed by atoms with Crippen LogP contribution in [-0.2, 0) is 17.1 Å². The number of halogens is 1. The standard InChI is InChI=1S/C8H15N5O2S.ClH/c1-13-8(6-10-12-13)16(14,15)11-7-3-2-4-9-5-7;/h6-7,9,11H,2-5H2,1H3;1H/t7-;/m1./s1. The van der Waals surface area contributed by atoms with E-state index >= 15 is 0 Å². The first-order valence-corrected chi connectivity index (χ1v) is 6.65. The number of hydrogen-bond acceptors (Lipinski definition) is 5. The number of aryl methyl sites for hydroxylation is 1. The van der Waals surface area contributed by atoms with Crippen LogP contribution in [0.2, 0.25) is 0 Å². The van der Waals surface area contributed by atoms with Crippen molar-refractivity contribution in [1.82, 2.24) is 25.0 Å². The summed E-state index contributed by atoms with van der Waals surface area (Å²) in [6.07, 6.45) is 3.09. The molecule has 1 saturated heterocycles. The number of nitrogens with zero attached hydrogens (tertiary/aromatic N) is 3. The van der Waals surface area contributed by atoms with Gasteiger partial charge in [0.05, 0.1) is 6.20 Å². The van der Waals surface area contributed by atoms with E-state index in [1.165, 1.54) is 10.9 Å². The van der Waals surface area contributed by atoms with Crippen LogP contribution in [0.1, 0.15) is 12.8 Å². The highest BCUT2D eigenvalue weighted by Crippen LogP contribution is 2.08. The predicted octanol–water partition coefficient (Wildman–Crippen LogP) is -0.733. The Morgan fingerprint density at radius 3 is 2.88 bits per heavy atom. The molecule has 1 fully saturated rings. The average Bonchev–Trinajstić information content (AvgIpc) is 2.66.